The molecular weight excluding hydrogens is 310 g/mol. The number of hydrogen-bond donors (Lipinski definition) is 1. The van der Waals surface area contributed by atoms with Crippen molar-refractivity contribution >= 4 is 31.9 Å². The van der Waals surface area contributed by atoms with Crippen LogP contribution in [0.15, 0.2) is 23.4 Å². The van der Waals surface area contributed by atoms with Crippen LogP contribution < -0.4 is 5.32 Å². The van der Waals surface area contributed by atoms with Gasteiger partial charge >= 0.3 is 0 Å². The van der Waals surface area contributed by atoms with Crippen LogP contribution in [0.3, 0.4) is 0 Å². The molecule has 0 amide bonds. The summed E-state index contributed by atoms with van der Waals surface area (Å²) in [5.74, 6) is -6.80. The molecule has 7 heteroatoms. The van der Waals surface area contributed by atoms with E-state index in [1.165, 1.54) is 0 Å². The third-order valence-electron chi connectivity index (χ3n) is 1.12. The van der Waals surface area contributed by atoms with Gasteiger partial charge in [-0.1, -0.05) is 0 Å². The van der Waals surface area contributed by atoms with Crippen molar-refractivity contribution in [3.8, 4) is 0 Å². The Labute approximate surface area is 81.8 Å². The maximum atomic E-state index is 12.7. The lowest BCUT2D eigenvalue weighted by Gasteiger charge is -2.23. The molecule has 0 aromatic rings. The van der Waals surface area contributed by atoms with Crippen molar-refractivity contribution in [2.24, 2.45) is 0 Å². The lowest BCUT2D eigenvalue weighted by atomic mass is 10.3. The van der Waals surface area contributed by atoms with Gasteiger partial charge in [-0.05, 0) is 31.9 Å². The second-order valence-electron chi connectivity index (χ2n) is 1.96. The number of alkyl halides is 2. The van der Waals surface area contributed by atoms with Crippen LogP contribution in [0, 0.1) is 0 Å². The molecule has 1 heterocycles. The highest BCUT2D eigenvalue weighted by molar-refractivity contribution is 9.25. The van der Waals surface area contributed by atoms with Crippen LogP contribution in [0.2, 0.25) is 0 Å². The van der Waals surface area contributed by atoms with Gasteiger partial charge in [0.15, 0.2) is 11.7 Å². The van der Waals surface area contributed by atoms with Crippen molar-refractivity contribution in [2.45, 2.75) is 3.36 Å². The summed E-state index contributed by atoms with van der Waals surface area (Å²) in [4.78, 5) is 0. The molecule has 0 atom stereocenters. The van der Waals surface area contributed by atoms with Crippen LogP contribution in [0.1, 0.15) is 0 Å². The summed E-state index contributed by atoms with van der Waals surface area (Å²) in [5, 5.41) is 1.68. The predicted molar refractivity (Wildman–Crippen MR) is 42.2 cm³/mol. The highest BCUT2D eigenvalue weighted by Crippen LogP contribution is 2.42. The fourth-order valence-corrected chi connectivity index (χ4v) is 1.27. The standard InChI is InChI=1S/C5HBr2F4N/c6-5(7)3(10)1(8)2(9)4(11)12-5/h12H. The van der Waals surface area contributed by atoms with Crippen molar-refractivity contribution < 1.29 is 17.6 Å². The monoisotopic (exact) mass is 309 g/mol. The molecule has 0 radical (unpaired) electrons. The predicted octanol–water partition coefficient (Wildman–Crippen LogP) is 3.29. The van der Waals surface area contributed by atoms with Crippen molar-refractivity contribution in [2.75, 3.05) is 0 Å². The summed E-state index contributed by atoms with van der Waals surface area (Å²) < 4.78 is 47.9. The van der Waals surface area contributed by atoms with Crippen molar-refractivity contribution in [1.29, 1.82) is 0 Å². The summed E-state index contributed by atoms with van der Waals surface area (Å²) in [6.45, 7) is 0. The van der Waals surface area contributed by atoms with Gasteiger partial charge < -0.3 is 5.32 Å². The third kappa shape index (κ3) is 1.52. The van der Waals surface area contributed by atoms with Gasteiger partial charge in [0, 0.05) is 0 Å². The van der Waals surface area contributed by atoms with Crippen LogP contribution >= 0.6 is 31.9 Å². The first kappa shape index (κ1) is 10.0. The Kier molecular flexibility index (Phi) is 2.53. The van der Waals surface area contributed by atoms with E-state index in [0.717, 1.165) is 0 Å². The molecule has 1 nitrogen and oxygen atoms in total. The summed E-state index contributed by atoms with van der Waals surface area (Å²) in [6, 6.07) is 0. The molecule has 0 aromatic carbocycles. The van der Waals surface area contributed by atoms with E-state index in [1.54, 1.807) is 5.32 Å². The van der Waals surface area contributed by atoms with E-state index >= 15 is 0 Å². The van der Waals surface area contributed by atoms with E-state index in [0.29, 0.717) is 0 Å². The molecule has 0 bridgehead atoms. The van der Waals surface area contributed by atoms with E-state index in [-0.39, 0.29) is 0 Å². The molecule has 68 valence electrons. The Balaban J connectivity index is 3.20. The molecule has 0 aromatic heterocycles. The summed E-state index contributed by atoms with van der Waals surface area (Å²) >= 11 is 5.12. The summed E-state index contributed by atoms with van der Waals surface area (Å²) in [6.07, 6.45) is 0. The maximum Gasteiger partial charge on any atom is 0.228 e. The van der Waals surface area contributed by atoms with Crippen LogP contribution in [-0.2, 0) is 0 Å². The van der Waals surface area contributed by atoms with E-state index in [4.69, 9.17) is 0 Å². The summed E-state index contributed by atoms with van der Waals surface area (Å²) in [5.41, 5.74) is 0. The van der Waals surface area contributed by atoms with Crippen LogP contribution in [0.4, 0.5) is 17.6 Å². The number of halogens is 6. The molecule has 0 aliphatic carbocycles. The largest absolute Gasteiger partial charge is 0.330 e. The minimum absolute atomic E-state index is 1.50. The van der Waals surface area contributed by atoms with Gasteiger partial charge in [-0.2, -0.15) is 8.78 Å². The third-order valence-corrected chi connectivity index (χ3v) is 2.21. The highest BCUT2D eigenvalue weighted by Gasteiger charge is 2.40. The van der Waals surface area contributed by atoms with Crippen molar-refractivity contribution in [3.63, 3.8) is 0 Å². The molecule has 0 fully saturated rings. The molecule has 0 saturated carbocycles. The van der Waals surface area contributed by atoms with E-state index in [2.05, 4.69) is 31.9 Å². The fraction of sp³-hybridized carbons (Fsp3) is 0.200. The Bertz CT molecular complexity index is 283. The van der Waals surface area contributed by atoms with Crippen LogP contribution in [0.25, 0.3) is 0 Å². The average Bonchev–Trinajstić information content (AvgIpc) is 1.97. The van der Waals surface area contributed by atoms with Crippen LogP contribution in [-0.4, -0.2) is 3.36 Å². The zero-order chi connectivity index (χ0) is 9.52. The normalized spacial score (nSPS) is 22.8. The number of rotatable bonds is 0. The van der Waals surface area contributed by atoms with Gasteiger partial charge in [0.05, 0.1) is 0 Å². The van der Waals surface area contributed by atoms with Gasteiger partial charge in [-0.15, -0.1) is 0 Å². The van der Waals surface area contributed by atoms with Gasteiger partial charge in [0.25, 0.3) is 0 Å². The molecule has 0 saturated heterocycles. The highest BCUT2D eigenvalue weighted by atomic mass is 79.9. The van der Waals surface area contributed by atoms with Crippen LogP contribution in [0.5, 0.6) is 0 Å². The van der Waals surface area contributed by atoms with E-state index in [1.807, 2.05) is 0 Å². The molecule has 0 spiro atoms. The molecule has 0 unspecified atom stereocenters. The topological polar surface area (TPSA) is 12.0 Å². The smallest absolute Gasteiger partial charge is 0.228 e. The number of hydrogen-bond acceptors (Lipinski definition) is 1. The molecule has 1 aliphatic heterocycles. The fourth-order valence-electron chi connectivity index (χ4n) is 0.578. The van der Waals surface area contributed by atoms with Gasteiger partial charge in [-0.3, -0.25) is 0 Å². The lowest BCUT2D eigenvalue weighted by Crippen LogP contribution is -2.35. The lowest BCUT2D eigenvalue weighted by molar-refractivity contribution is 0.387. The number of dihydropyridines is 1. The quantitative estimate of drug-likeness (QED) is 0.411. The number of allylic oxidation sites excluding steroid dienone is 2. The van der Waals surface area contributed by atoms with Gasteiger partial charge in [-0.25, -0.2) is 8.78 Å². The Hall–Kier alpha value is -0.0400. The first-order chi connectivity index (χ1) is 5.36. The minimum Gasteiger partial charge on any atom is -0.330 e. The Morgan fingerprint density at radius 3 is 2.00 bits per heavy atom. The van der Waals surface area contributed by atoms with Crippen molar-refractivity contribution in [3.05, 3.63) is 23.4 Å². The molecule has 1 rings (SSSR count). The van der Waals surface area contributed by atoms with E-state index < -0.39 is 26.8 Å². The second-order valence-corrected chi connectivity index (χ2v) is 5.40. The summed E-state index contributed by atoms with van der Waals surface area (Å²) in [7, 11) is 0. The molecule has 12 heavy (non-hydrogen) atoms. The molecular formula is C5HBr2F4N. The Morgan fingerprint density at radius 2 is 1.50 bits per heavy atom. The SMILES string of the molecule is FC1=C(F)C(F)=C(F)C(Br)(Br)N1. The van der Waals surface area contributed by atoms with Crippen molar-refractivity contribution in [1.82, 2.24) is 5.32 Å². The Morgan fingerprint density at radius 1 is 1.00 bits per heavy atom. The minimum atomic E-state index is -1.90. The second kappa shape index (κ2) is 3.02. The molecule has 1 N–H and O–H groups in total. The van der Waals surface area contributed by atoms with Gasteiger partial charge in [0.2, 0.25) is 15.1 Å². The van der Waals surface area contributed by atoms with Gasteiger partial charge in [0.1, 0.15) is 0 Å². The molecule has 1 aliphatic rings. The average molecular weight is 311 g/mol. The maximum absolute atomic E-state index is 12.7. The number of nitrogens with one attached hydrogen (secondary N) is 1. The zero-order valence-corrected chi connectivity index (χ0v) is 8.44. The zero-order valence-electron chi connectivity index (χ0n) is 5.27. The first-order valence-corrected chi connectivity index (χ1v) is 4.22. The van der Waals surface area contributed by atoms with E-state index in [9.17, 15) is 17.6 Å². The first-order valence-electron chi connectivity index (χ1n) is 2.63.